The minimum absolute atomic E-state index is 0.121. The number of ether oxygens (including phenoxy) is 1. The lowest BCUT2D eigenvalue weighted by Gasteiger charge is -2.17. The fraction of sp³-hybridized carbons (Fsp3) is 0.412. The summed E-state index contributed by atoms with van der Waals surface area (Å²) in [4.78, 5) is 23.4. The van der Waals surface area contributed by atoms with Crippen molar-refractivity contribution in [2.45, 2.75) is 25.1 Å². The standard InChI is InChI=1S/C17H19Br2FN2O3/c18-12-3-5-14(6-4-12)25-10-17(24)22-9-16(23)21-8-11-1-2-13(19)7-15(11)20/h1-5,14-15H,6-10H2,(H,21,23)(H,22,24). The van der Waals surface area contributed by atoms with Crippen molar-refractivity contribution >= 4 is 43.7 Å². The normalized spacial score (nSPS) is 22.6. The number of rotatable bonds is 7. The monoisotopic (exact) mass is 476 g/mol. The van der Waals surface area contributed by atoms with Gasteiger partial charge in [-0.15, -0.1) is 0 Å². The van der Waals surface area contributed by atoms with Crippen molar-refractivity contribution in [2.75, 3.05) is 19.7 Å². The third-order valence-electron chi connectivity index (χ3n) is 3.63. The number of halogens is 3. The van der Waals surface area contributed by atoms with Crippen molar-refractivity contribution in [1.82, 2.24) is 10.6 Å². The fourth-order valence-electron chi connectivity index (χ4n) is 2.22. The molecule has 2 aliphatic carbocycles. The smallest absolute Gasteiger partial charge is 0.246 e. The van der Waals surface area contributed by atoms with Gasteiger partial charge in [0.2, 0.25) is 11.8 Å². The molecule has 0 saturated carbocycles. The van der Waals surface area contributed by atoms with Crippen LogP contribution in [0.25, 0.3) is 0 Å². The molecule has 0 aromatic heterocycles. The van der Waals surface area contributed by atoms with Crippen LogP contribution in [-0.4, -0.2) is 43.8 Å². The Morgan fingerprint density at radius 3 is 2.72 bits per heavy atom. The number of carbonyl (C=O) groups is 2. The minimum Gasteiger partial charge on any atom is -0.364 e. The van der Waals surface area contributed by atoms with E-state index in [2.05, 4.69) is 42.5 Å². The van der Waals surface area contributed by atoms with E-state index in [9.17, 15) is 14.0 Å². The molecule has 2 amide bonds. The molecular formula is C17H19Br2FN2O3. The van der Waals surface area contributed by atoms with E-state index in [-0.39, 0.29) is 44.0 Å². The van der Waals surface area contributed by atoms with E-state index in [1.54, 1.807) is 12.2 Å². The molecule has 0 aromatic carbocycles. The highest BCUT2D eigenvalue weighted by atomic mass is 79.9. The third kappa shape index (κ3) is 7.25. The highest BCUT2D eigenvalue weighted by molar-refractivity contribution is 9.12. The Kier molecular flexibility index (Phi) is 8.05. The Balaban J connectivity index is 1.61. The van der Waals surface area contributed by atoms with E-state index in [0.29, 0.717) is 12.0 Å². The van der Waals surface area contributed by atoms with Crippen molar-refractivity contribution in [3.63, 3.8) is 0 Å². The second-order valence-electron chi connectivity index (χ2n) is 5.61. The minimum atomic E-state index is -1.11. The van der Waals surface area contributed by atoms with Crippen LogP contribution in [0.15, 0.2) is 44.9 Å². The van der Waals surface area contributed by atoms with Gasteiger partial charge in [0.15, 0.2) is 0 Å². The van der Waals surface area contributed by atoms with Crippen molar-refractivity contribution < 1.29 is 18.7 Å². The lowest BCUT2D eigenvalue weighted by atomic mass is 10.0. The first kappa shape index (κ1) is 20.1. The summed E-state index contributed by atoms with van der Waals surface area (Å²) in [5.41, 5.74) is 0.509. The highest BCUT2D eigenvalue weighted by Crippen LogP contribution is 2.25. The largest absolute Gasteiger partial charge is 0.364 e. The van der Waals surface area contributed by atoms with Crippen LogP contribution < -0.4 is 10.6 Å². The van der Waals surface area contributed by atoms with Crippen LogP contribution in [0.1, 0.15) is 12.8 Å². The van der Waals surface area contributed by atoms with Gasteiger partial charge in [-0.1, -0.05) is 56.2 Å². The molecule has 0 aliphatic heterocycles. The second kappa shape index (κ2) is 10.0. The van der Waals surface area contributed by atoms with Gasteiger partial charge in [0.1, 0.15) is 12.8 Å². The third-order valence-corrected chi connectivity index (χ3v) is 4.81. The maximum absolute atomic E-state index is 13.8. The highest BCUT2D eigenvalue weighted by Gasteiger charge is 2.18. The molecule has 2 N–H and O–H groups in total. The molecule has 0 heterocycles. The summed E-state index contributed by atoms with van der Waals surface area (Å²) in [7, 11) is 0. The summed E-state index contributed by atoms with van der Waals surface area (Å²) in [5.74, 6) is -0.747. The molecule has 2 rings (SSSR count). The first-order valence-corrected chi connectivity index (χ1v) is 9.40. The average molecular weight is 478 g/mol. The van der Waals surface area contributed by atoms with E-state index in [1.807, 2.05) is 18.2 Å². The van der Waals surface area contributed by atoms with Gasteiger partial charge in [0.25, 0.3) is 0 Å². The van der Waals surface area contributed by atoms with Crippen molar-refractivity contribution in [1.29, 1.82) is 0 Å². The molecule has 0 bridgehead atoms. The molecule has 136 valence electrons. The molecule has 0 fully saturated rings. The summed E-state index contributed by atoms with van der Waals surface area (Å²) in [6.45, 7) is -0.167. The molecule has 0 aromatic rings. The molecule has 2 aliphatic rings. The Labute approximate surface area is 162 Å². The number of carbonyl (C=O) groups excluding carboxylic acids is 2. The lowest BCUT2D eigenvalue weighted by molar-refractivity contribution is -0.129. The van der Waals surface area contributed by atoms with E-state index >= 15 is 0 Å². The van der Waals surface area contributed by atoms with Crippen LogP contribution in [0.4, 0.5) is 4.39 Å². The molecule has 2 atom stereocenters. The van der Waals surface area contributed by atoms with E-state index in [1.165, 1.54) is 0 Å². The summed E-state index contributed by atoms with van der Waals surface area (Å²) < 4.78 is 21.0. The maximum atomic E-state index is 13.8. The summed E-state index contributed by atoms with van der Waals surface area (Å²) in [6.07, 6.45) is 8.81. The molecule has 5 nitrogen and oxygen atoms in total. The first-order valence-electron chi connectivity index (χ1n) is 7.82. The number of hydrogen-bond acceptors (Lipinski definition) is 3. The van der Waals surface area contributed by atoms with Gasteiger partial charge in [-0.3, -0.25) is 9.59 Å². The Morgan fingerprint density at radius 2 is 2.04 bits per heavy atom. The summed E-state index contributed by atoms with van der Waals surface area (Å²) in [5, 5.41) is 5.07. The molecule has 0 spiro atoms. The van der Waals surface area contributed by atoms with Crippen LogP contribution in [0, 0.1) is 0 Å². The predicted molar refractivity (Wildman–Crippen MR) is 101 cm³/mol. The van der Waals surface area contributed by atoms with Gasteiger partial charge in [0, 0.05) is 17.4 Å². The molecular weight excluding hydrogens is 459 g/mol. The van der Waals surface area contributed by atoms with Crippen molar-refractivity contribution in [3.8, 4) is 0 Å². The zero-order valence-electron chi connectivity index (χ0n) is 13.4. The zero-order valence-corrected chi connectivity index (χ0v) is 16.6. The number of hydrogen-bond donors (Lipinski definition) is 2. The van der Waals surface area contributed by atoms with Crippen molar-refractivity contribution in [3.05, 3.63) is 44.9 Å². The Bertz CT molecular complexity index is 644. The van der Waals surface area contributed by atoms with E-state index in [0.717, 1.165) is 8.96 Å². The van der Waals surface area contributed by atoms with Gasteiger partial charge >= 0.3 is 0 Å². The number of nitrogens with one attached hydrogen (secondary N) is 2. The molecule has 0 saturated heterocycles. The topological polar surface area (TPSA) is 67.4 Å². The first-order chi connectivity index (χ1) is 11.9. The SMILES string of the molecule is O=C(CNC(=O)COC1C=CC(Br)=CC1)NCC1=CC=C(Br)CC1F. The van der Waals surface area contributed by atoms with E-state index < -0.39 is 6.17 Å². The number of alkyl halides is 1. The second-order valence-corrected chi connectivity index (χ2v) is 7.55. The lowest BCUT2D eigenvalue weighted by Crippen LogP contribution is -2.40. The quantitative estimate of drug-likeness (QED) is 0.592. The predicted octanol–water partition coefficient (Wildman–Crippen LogP) is 2.79. The molecule has 8 heteroatoms. The van der Waals surface area contributed by atoms with Gasteiger partial charge in [-0.2, -0.15) is 0 Å². The maximum Gasteiger partial charge on any atom is 0.246 e. The number of amides is 2. The van der Waals surface area contributed by atoms with Crippen LogP contribution in [0.2, 0.25) is 0 Å². The Morgan fingerprint density at radius 1 is 1.24 bits per heavy atom. The fourth-order valence-corrected chi connectivity index (χ4v) is 2.97. The summed E-state index contributed by atoms with van der Waals surface area (Å²) in [6, 6.07) is 0. The van der Waals surface area contributed by atoms with Crippen LogP contribution >= 0.6 is 31.9 Å². The average Bonchev–Trinajstić information content (AvgIpc) is 2.58. The van der Waals surface area contributed by atoms with Crippen LogP contribution in [0.3, 0.4) is 0 Å². The van der Waals surface area contributed by atoms with Crippen molar-refractivity contribution in [2.24, 2.45) is 0 Å². The van der Waals surface area contributed by atoms with Gasteiger partial charge in [-0.05, 0) is 22.6 Å². The van der Waals surface area contributed by atoms with E-state index in [4.69, 9.17) is 4.74 Å². The number of allylic oxidation sites excluding steroid dienone is 5. The molecule has 2 unspecified atom stereocenters. The van der Waals surface area contributed by atoms with Gasteiger partial charge in [-0.25, -0.2) is 4.39 Å². The zero-order chi connectivity index (χ0) is 18.2. The molecule has 0 radical (unpaired) electrons. The summed E-state index contributed by atoms with van der Waals surface area (Å²) >= 11 is 6.59. The van der Waals surface area contributed by atoms with Crippen LogP contribution in [0.5, 0.6) is 0 Å². The van der Waals surface area contributed by atoms with Crippen LogP contribution in [-0.2, 0) is 14.3 Å². The Hall–Kier alpha value is -1.25. The molecule has 25 heavy (non-hydrogen) atoms. The van der Waals surface area contributed by atoms with Gasteiger partial charge in [0.05, 0.1) is 12.6 Å². The van der Waals surface area contributed by atoms with Gasteiger partial charge < -0.3 is 15.4 Å².